The fourth-order valence-corrected chi connectivity index (χ4v) is 6.38. The molecular formula is C22H31N3O5S. The van der Waals surface area contributed by atoms with Gasteiger partial charge in [0.05, 0.1) is 6.26 Å². The number of likely N-dealkylation sites (tertiary alicyclic amines) is 1. The summed E-state index contributed by atoms with van der Waals surface area (Å²) in [6, 6.07) is 3.73. The van der Waals surface area contributed by atoms with Gasteiger partial charge in [-0.15, -0.1) is 0 Å². The van der Waals surface area contributed by atoms with Crippen LogP contribution in [0.5, 0.6) is 0 Å². The zero-order chi connectivity index (χ0) is 22.2. The molecule has 0 radical (unpaired) electrons. The number of aliphatic hydroxyl groups is 1. The average molecular weight is 450 g/mol. The largest absolute Gasteiger partial charge is 0.462 e. The second-order valence-electron chi connectivity index (χ2n) is 9.07. The minimum atomic E-state index is -3.43. The van der Waals surface area contributed by atoms with E-state index >= 15 is 0 Å². The number of hydrogen-bond acceptors (Lipinski definition) is 6. The van der Waals surface area contributed by atoms with Gasteiger partial charge in [0.25, 0.3) is 0 Å². The second kappa shape index (κ2) is 8.88. The van der Waals surface area contributed by atoms with E-state index < -0.39 is 15.3 Å². The third kappa shape index (κ3) is 4.36. The van der Waals surface area contributed by atoms with Gasteiger partial charge >= 0.3 is 0 Å². The van der Waals surface area contributed by atoms with Crippen molar-refractivity contribution in [1.82, 2.24) is 14.2 Å². The molecule has 0 aromatic carbocycles. The fourth-order valence-electron chi connectivity index (χ4n) is 4.50. The van der Waals surface area contributed by atoms with Gasteiger partial charge in [-0.1, -0.05) is 13.8 Å². The molecule has 0 aliphatic carbocycles. The molecule has 2 fully saturated rings. The Morgan fingerprint density at radius 3 is 2.65 bits per heavy atom. The zero-order valence-corrected chi connectivity index (χ0v) is 18.9. The van der Waals surface area contributed by atoms with Crippen molar-refractivity contribution in [2.24, 2.45) is 11.8 Å². The molecule has 2 aliphatic rings. The van der Waals surface area contributed by atoms with Gasteiger partial charge in [-0.25, -0.2) is 12.7 Å². The lowest BCUT2D eigenvalue weighted by atomic mass is 9.91. The molecule has 170 valence electrons. The van der Waals surface area contributed by atoms with Crippen LogP contribution in [-0.2, 0) is 14.8 Å². The van der Waals surface area contributed by atoms with E-state index in [2.05, 4.69) is 4.98 Å². The van der Waals surface area contributed by atoms with E-state index in [1.54, 1.807) is 21.7 Å². The van der Waals surface area contributed by atoms with Crippen LogP contribution in [0.1, 0.15) is 44.6 Å². The normalized spacial score (nSPS) is 20.3. The van der Waals surface area contributed by atoms with E-state index in [0.717, 1.165) is 29.5 Å². The minimum absolute atomic E-state index is 0.0324. The van der Waals surface area contributed by atoms with Gasteiger partial charge in [0.2, 0.25) is 15.9 Å². The summed E-state index contributed by atoms with van der Waals surface area (Å²) in [5.41, 5.74) is 2.67. The van der Waals surface area contributed by atoms with Crippen LogP contribution in [0.25, 0.3) is 11.1 Å². The van der Waals surface area contributed by atoms with Crippen LogP contribution in [0.3, 0.4) is 0 Å². The Labute approximate surface area is 183 Å². The standard InChI is InChI=1S/C22H31N3O5S/c1-15(2)17(13-26)10-21(27)24-11-18(12-24)31(28,29)25-8-5-16(6-9-25)19-14-30-20-4-3-7-23-22(19)20/h3-4,7,14-18,26H,5-6,8-13H2,1-2H3/t17-/m1/s1. The second-order valence-corrected chi connectivity index (χ2v) is 11.3. The highest BCUT2D eigenvalue weighted by Gasteiger charge is 2.44. The molecular weight excluding hydrogens is 418 g/mol. The van der Waals surface area contributed by atoms with E-state index in [4.69, 9.17) is 4.42 Å². The number of pyridine rings is 1. The van der Waals surface area contributed by atoms with E-state index in [1.807, 2.05) is 26.0 Å². The maximum atomic E-state index is 13.0. The first kappa shape index (κ1) is 22.2. The number of aliphatic hydroxyl groups excluding tert-OH is 1. The van der Waals surface area contributed by atoms with Crippen molar-refractivity contribution in [3.8, 4) is 0 Å². The highest BCUT2D eigenvalue weighted by atomic mass is 32.2. The third-order valence-corrected chi connectivity index (χ3v) is 9.07. The van der Waals surface area contributed by atoms with E-state index in [0.29, 0.717) is 13.1 Å². The number of fused-ring (bicyclic) bond motifs is 1. The Balaban J connectivity index is 1.31. The van der Waals surface area contributed by atoms with Crippen LogP contribution in [0.4, 0.5) is 0 Å². The van der Waals surface area contributed by atoms with Gasteiger partial charge in [0, 0.05) is 51.0 Å². The highest BCUT2D eigenvalue weighted by Crippen LogP contribution is 2.35. The fraction of sp³-hybridized carbons (Fsp3) is 0.636. The molecule has 4 rings (SSSR count). The molecule has 9 heteroatoms. The molecule has 1 N–H and O–H groups in total. The average Bonchev–Trinajstić information content (AvgIpc) is 3.14. The van der Waals surface area contributed by atoms with Crippen molar-refractivity contribution < 1.29 is 22.7 Å². The summed E-state index contributed by atoms with van der Waals surface area (Å²) in [6.45, 7) is 5.34. The van der Waals surface area contributed by atoms with Crippen LogP contribution in [0.15, 0.2) is 29.0 Å². The Hall–Kier alpha value is -1.97. The molecule has 1 amide bonds. The zero-order valence-electron chi connectivity index (χ0n) is 18.1. The number of sulfonamides is 1. The smallest absolute Gasteiger partial charge is 0.223 e. The highest BCUT2D eigenvalue weighted by molar-refractivity contribution is 7.89. The molecule has 0 unspecified atom stereocenters. The summed E-state index contributed by atoms with van der Waals surface area (Å²) < 4.78 is 33.3. The van der Waals surface area contributed by atoms with Crippen molar-refractivity contribution in [3.63, 3.8) is 0 Å². The Bertz CT molecular complexity index is 1020. The van der Waals surface area contributed by atoms with Crippen LogP contribution in [0, 0.1) is 11.8 Å². The number of nitrogens with zero attached hydrogens (tertiary/aromatic N) is 3. The van der Waals surface area contributed by atoms with E-state index in [-0.39, 0.29) is 49.8 Å². The lowest BCUT2D eigenvalue weighted by Crippen LogP contribution is -2.60. The van der Waals surface area contributed by atoms with Crippen LogP contribution in [-0.4, -0.2) is 71.7 Å². The summed E-state index contributed by atoms with van der Waals surface area (Å²) in [6.07, 6.45) is 5.21. The quantitative estimate of drug-likeness (QED) is 0.695. The van der Waals surface area contributed by atoms with Crippen molar-refractivity contribution in [2.45, 2.75) is 44.3 Å². The maximum Gasteiger partial charge on any atom is 0.223 e. The molecule has 2 aromatic heterocycles. The number of rotatable bonds is 7. The van der Waals surface area contributed by atoms with Gasteiger partial charge in [0.1, 0.15) is 10.8 Å². The van der Waals surface area contributed by atoms with E-state index in [1.165, 1.54) is 0 Å². The number of furan rings is 1. The number of carbonyl (C=O) groups is 1. The number of hydrogen-bond donors (Lipinski definition) is 1. The van der Waals surface area contributed by atoms with Crippen LogP contribution < -0.4 is 0 Å². The lowest BCUT2D eigenvalue weighted by Gasteiger charge is -2.42. The topological polar surface area (TPSA) is 104 Å². The Morgan fingerprint density at radius 1 is 1.29 bits per heavy atom. The van der Waals surface area contributed by atoms with Gasteiger partial charge in [-0.3, -0.25) is 9.78 Å². The predicted octanol–water partition coefficient (Wildman–Crippen LogP) is 2.20. The molecule has 0 saturated carbocycles. The van der Waals surface area contributed by atoms with Gasteiger partial charge in [-0.2, -0.15) is 0 Å². The van der Waals surface area contributed by atoms with Gasteiger partial charge in [-0.05, 0) is 42.7 Å². The number of carbonyl (C=O) groups excluding carboxylic acids is 1. The Kier molecular flexibility index (Phi) is 6.37. The first-order valence-electron chi connectivity index (χ1n) is 11.0. The van der Waals surface area contributed by atoms with Crippen molar-refractivity contribution in [3.05, 3.63) is 30.2 Å². The lowest BCUT2D eigenvalue weighted by molar-refractivity contribution is -0.136. The predicted molar refractivity (Wildman–Crippen MR) is 117 cm³/mol. The summed E-state index contributed by atoms with van der Waals surface area (Å²) in [5, 5.41) is 8.90. The van der Waals surface area contributed by atoms with Crippen molar-refractivity contribution in [1.29, 1.82) is 0 Å². The first-order chi connectivity index (χ1) is 14.8. The maximum absolute atomic E-state index is 13.0. The summed E-state index contributed by atoms with van der Waals surface area (Å²) in [5.74, 6) is 0.278. The molecule has 4 heterocycles. The monoisotopic (exact) mass is 449 g/mol. The first-order valence-corrected chi connectivity index (χ1v) is 12.5. The molecule has 0 spiro atoms. The van der Waals surface area contributed by atoms with E-state index in [9.17, 15) is 18.3 Å². The van der Waals surface area contributed by atoms with Crippen LogP contribution in [0.2, 0.25) is 0 Å². The van der Waals surface area contributed by atoms with Gasteiger partial charge in [0.15, 0.2) is 5.58 Å². The van der Waals surface area contributed by atoms with Gasteiger partial charge < -0.3 is 14.4 Å². The number of amides is 1. The molecule has 1 atom stereocenters. The Morgan fingerprint density at radius 2 is 2.00 bits per heavy atom. The number of aromatic nitrogens is 1. The summed E-state index contributed by atoms with van der Waals surface area (Å²) in [4.78, 5) is 18.4. The minimum Gasteiger partial charge on any atom is -0.462 e. The van der Waals surface area contributed by atoms with Crippen molar-refractivity contribution >= 4 is 27.0 Å². The molecule has 2 aromatic rings. The molecule has 31 heavy (non-hydrogen) atoms. The summed E-state index contributed by atoms with van der Waals surface area (Å²) in [7, 11) is -3.43. The number of piperidine rings is 1. The van der Waals surface area contributed by atoms with Crippen LogP contribution >= 0.6 is 0 Å². The SMILES string of the molecule is CC(C)[C@@H](CO)CC(=O)N1CC(S(=O)(=O)N2CCC(c3coc4cccnc34)CC2)C1. The molecule has 2 saturated heterocycles. The van der Waals surface area contributed by atoms with Crippen molar-refractivity contribution in [2.75, 3.05) is 32.8 Å². The molecule has 2 aliphatic heterocycles. The summed E-state index contributed by atoms with van der Waals surface area (Å²) >= 11 is 0. The molecule has 8 nitrogen and oxygen atoms in total. The third-order valence-electron chi connectivity index (χ3n) is 6.85. The molecule has 0 bridgehead atoms.